The van der Waals surface area contributed by atoms with Gasteiger partial charge in [-0.2, -0.15) is 0 Å². The van der Waals surface area contributed by atoms with Gasteiger partial charge in [-0.1, -0.05) is 42.5 Å². The van der Waals surface area contributed by atoms with Crippen molar-refractivity contribution in [3.05, 3.63) is 117 Å². The SMILES string of the molecule is CN1C(=O)NC(c2cccc([N+](=O)[O-])c2)C2=C1CN(C(Cc1ccccc1)C(=O)Nc1ccc(F)cc1)C2=O. The maximum atomic E-state index is 14.0. The van der Waals surface area contributed by atoms with Gasteiger partial charge in [-0.15, -0.1) is 0 Å². The summed E-state index contributed by atoms with van der Waals surface area (Å²) >= 11 is 0. The molecule has 0 spiro atoms. The Bertz CT molecular complexity index is 1490. The van der Waals surface area contributed by atoms with E-state index >= 15 is 0 Å². The summed E-state index contributed by atoms with van der Waals surface area (Å²) in [4.78, 5) is 53.9. The molecule has 2 unspecified atom stereocenters. The Kier molecular flexibility index (Phi) is 6.80. The molecule has 0 saturated heterocycles. The fourth-order valence-electron chi connectivity index (χ4n) is 4.85. The largest absolute Gasteiger partial charge is 0.327 e. The van der Waals surface area contributed by atoms with Crippen molar-refractivity contribution in [3.63, 3.8) is 0 Å². The van der Waals surface area contributed by atoms with Crippen molar-refractivity contribution >= 4 is 29.2 Å². The predicted octanol–water partition coefficient (Wildman–Crippen LogP) is 3.78. The topological polar surface area (TPSA) is 125 Å². The fraction of sp³-hybridized carbons (Fsp3) is 0.179. The summed E-state index contributed by atoms with van der Waals surface area (Å²) in [6.07, 6.45) is 0.187. The van der Waals surface area contributed by atoms with Gasteiger partial charge in [0, 0.05) is 31.3 Å². The third-order valence-corrected chi connectivity index (χ3v) is 6.87. The Morgan fingerprint density at radius 1 is 1.10 bits per heavy atom. The van der Waals surface area contributed by atoms with Gasteiger partial charge >= 0.3 is 6.03 Å². The molecule has 0 bridgehead atoms. The van der Waals surface area contributed by atoms with E-state index in [2.05, 4.69) is 10.6 Å². The lowest BCUT2D eigenvalue weighted by Crippen LogP contribution is -2.47. The summed E-state index contributed by atoms with van der Waals surface area (Å²) in [5, 5.41) is 16.9. The summed E-state index contributed by atoms with van der Waals surface area (Å²) in [6.45, 7) is -0.0160. The van der Waals surface area contributed by atoms with Crippen LogP contribution >= 0.6 is 0 Å². The van der Waals surface area contributed by atoms with Crippen molar-refractivity contribution in [1.82, 2.24) is 15.1 Å². The van der Waals surface area contributed by atoms with Gasteiger partial charge in [-0.05, 0) is 35.4 Å². The quantitative estimate of drug-likeness (QED) is 0.356. The first-order valence-corrected chi connectivity index (χ1v) is 12.2. The van der Waals surface area contributed by atoms with Gasteiger partial charge in [0.05, 0.1) is 28.8 Å². The normalized spacial score (nSPS) is 17.5. The van der Waals surface area contributed by atoms with Gasteiger partial charge in [0.2, 0.25) is 5.91 Å². The van der Waals surface area contributed by atoms with Gasteiger partial charge in [0.15, 0.2) is 0 Å². The summed E-state index contributed by atoms with van der Waals surface area (Å²) in [7, 11) is 1.52. The lowest BCUT2D eigenvalue weighted by atomic mass is 9.95. The number of anilines is 1. The number of benzene rings is 3. The molecule has 0 fully saturated rings. The molecule has 4 amide bonds. The molecule has 39 heavy (non-hydrogen) atoms. The molecule has 10 nitrogen and oxygen atoms in total. The van der Waals surface area contributed by atoms with Crippen LogP contribution in [0, 0.1) is 15.9 Å². The molecule has 2 heterocycles. The molecular weight excluding hydrogens is 505 g/mol. The Morgan fingerprint density at radius 2 is 1.82 bits per heavy atom. The number of hydrogen-bond acceptors (Lipinski definition) is 5. The third-order valence-electron chi connectivity index (χ3n) is 6.87. The number of nitro benzene ring substituents is 1. The van der Waals surface area contributed by atoms with Crippen LogP contribution in [0.3, 0.4) is 0 Å². The van der Waals surface area contributed by atoms with E-state index in [1.54, 1.807) is 6.07 Å². The highest BCUT2D eigenvalue weighted by molar-refractivity contribution is 6.05. The zero-order valence-corrected chi connectivity index (χ0v) is 20.8. The van der Waals surface area contributed by atoms with Crippen LogP contribution in [0.1, 0.15) is 17.2 Å². The van der Waals surface area contributed by atoms with E-state index in [0.29, 0.717) is 16.9 Å². The highest BCUT2D eigenvalue weighted by Crippen LogP contribution is 2.37. The highest BCUT2D eigenvalue weighted by atomic mass is 19.1. The summed E-state index contributed by atoms with van der Waals surface area (Å²) in [5.41, 5.74) is 2.03. The molecule has 3 aromatic rings. The maximum Gasteiger partial charge on any atom is 0.322 e. The number of hydrogen-bond donors (Lipinski definition) is 2. The van der Waals surface area contributed by atoms with Crippen LogP contribution in [-0.2, 0) is 16.0 Å². The van der Waals surface area contributed by atoms with Crippen LogP contribution in [0.5, 0.6) is 0 Å². The summed E-state index contributed by atoms with van der Waals surface area (Å²) < 4.78 is 13.4. The first-order valence-electron chi connectivity index (χ1n) is 12.2. The van der Waals surface area contributed by atoms with Gasteiger partial charge in [0.1, 0.15) is 11.9 Å². The van der Waals surface area contributed by atoms with Gasteiger partial charge in [0.25, 0.3) is 11.6 Å². The fourth-order valence-corrected chi connectivity index (χ4v) is 4.85. The van der Waals surface area contributed by atoms with Crippen molar-refractivity contribution in [2.45, 2.75) is 18.5 Å². The second-order valence-electron chi connectivity index (χ2n) is 9.29. The number of nitrogens with one attached hydrogen (secondary N) is 2. The molecular formula is C28H24FN5O5. The number of non-ortho nitro benzene ring substituents is 1. The van der Waals surface area contributed by atoms with Crippen LogP contribution in [-0.4, -0.2) is 52.2 Å². The van der Waals surface area contributed by atoms with Gasteiger partial charge < -0.3 is 15.5 Å². The van der Waals surface area contributed by atoms with E-state index in [1.807, 2.05) is 30.3 Å². The molecule has 3 aromatic carbocycles. The lowest BCUT2D eigenvalue weighted by molar-refractivity contribution is -0.384. The Labute approximate surface area is 222 Å². The van der Waals surface area contributed by atoms with Crippen molar-refractivity contribution in [3.8, 4) is 0 Å². The molecule has 2 aliphatic heterocycles. The molecule has 5 rings (SSSR count). The minimum atomic E-state index is -0.968. The monoisotopic (exact) mass is 529 g/mol. The molecule has 2 atom stereocenters. The predicted molar refractivity (Wildman–Crippen MR) is 140 cm³/mol. The number of urea groups is 1. The zero-order valence-electron chi connectivity index (χ0n) is 20.8. The van der Waals surface area contributed by atoms with Crippen molar-refractivity contribution in [2.24, 2.45) is 0 Å². The lowest BCUT2D eigenvalue weighted by Gasteiger charge is -2.31. The number of halogens is 1. The Hall–Kier alpha value is -5.06. The number of rotatable bonds is 7. The zero-order chi connectivity index (χ0) is 27.7. The van der Waals surface area contributed by atoms with Gasteiger partial charge in [-0.25, -0.2) is 9.18 Å². The average molecular weight is 530 g/mol. The first kappa shape index (κ1) is 25.6. The molecule has 2 aliphatic rings. The number of amides is 4. The molecule has 0 aliphatic carbocycles. The molecule has 198 valence electrons. The van der Waals surface area contributed by atoms with E-state index in [4.69, 9.17) is 0 Å². The minimum Gasteiger partial charge on any atom is -0.327 e. The smallest absolute Gasteiger partial charge is 0.322 e. The van der Waals surface area contributed by atoms with Crippen molar-refractivity contribution < 1.29 is 23.7 Å². The molecule has 0 aromatic heterocycles. The van der Waals surface area contributed by atoms with E-state index in [0.717, 1.165) is 5.56 Å². The average Bonchev–Trinajstić information content (AvgIpc) is 3.28. The van der Waals surface area contributed by atoms with Crippen LogP contribution in [0.4, 0.5) is 20.6 Å². The number of carbonyl (C=O) groups is 3. The molecule has 0 saturated carbocycles. The van der Waals surface area contributed by atoms with Crippen LogP contribution in [0.2, 0.25) is 0 Å². The highest BCUT2D eigenvalue weighted by Gasteiger charge is 2.46. The number of likely N-dealkylation sites (N-methyl/N-ethyl adjacent to an activating group) is 1. The van der Waals surface area contributed by atoms with Crippen molar-refractivity contribution in [2.75, 3.05) is 18.9 Å². The minimum absolute atomic E-state index is 0.0160. The number of nitro groups is 1. The number of nitrogens with zero attached hydrogens (tertiary/aromatic N) is 3. The van der Waals surface area contributed by atoms with E-state index in [-0.39, 0.29) is 24.2 Å². The third kappa shape index (κ3) is 5.06. The van der Waals surface area contributed by atoms with E-state index in [9.17, 15) is 28.9 Å². The Balaban J connectivity index is 1.50. The van der Waals surface area contributed by atoms with Crippen molar-refractivity contribution in [1.29, 1.82) is 0 Å². The van der Waals surface area contributed by atoms with E-state index in [1.165, 1.54) is 59.3 Å². The Morgan fingerprint density at radius 3 is 2.51 bits per heavy atom. The second kappa shape index (κ2) is 10.4. The van der Waals surface area contributed by atoms with Crippen LogP contribution < -0.4 is 10.6 Å². The maximum absolute atomic E-state index is 14.0. The van der Waals surface area contributed by atoms with Crippen LogP contribution in [0.25, 0.3) is 0 Å². The molecule has 11 heteroatoms. The summed E-state index contributed by atoms with van der Waals surface area (Å²) in [5.74, 6) is -1.40. The standard InChI is InChI=1S/C28H24FN5O5/c1-32-23-16-33(27(36)24(23)25(31-28(32)37)18-8-5-9-21(15-18)34(38)39)22(14-17-6-3-2-4-7-17)26(35)30-20-12-10-19(29)11-13-20/h2-13,15,22,25H,14,16H2,1H3,(H,30,35)(H,31,37). The summed E-state index contributed by atoms with van der Waals surface area (Å²) in [6, 6.07) is 17.8. The van der Waals surface area contributed by atoms with E-state index < -0.39 is 40.7 Å². The first-order chi connectivity index (χ1) is 18.7. The number of carbonyl (C=O) groups excluding carboxylic acids is 3. The van der Waals surface area contributed by atoms with Crippen LogP contribution in [0.15, 0.2) is 90.1 Å². The van der Waals surface area contributed by atoms with Gasteiger partial charge in [-0.3, -0.25) is 24.6 Å². The molecule has 2 N–H and O–H groups in total. The second-order valence-corrected chi connectivity index (χ2v) is 9.29. The molecule has 0 radical (unpaired) electrons.